The van der Waals surface area contributed by atoms with Gasteiger partial charge in [-0.1, -0.05) is 33.6 Å². The minimum Gasteiger partial charge on any atom is -0.443 e. The Morgan fingerprint density at radius 2 is 1.84 bits per heavy atom. The first-order chi connectivity index (χ1) is 14.5. The van der Waals surface area contributed by atoms with Gasteiger partial charge in [0.1, 0.15) is 5.60 Å². The summed E-state index contributed by atoms with van der Waals surface area (Å²) >= 11 is 3.48. The van der Waals surface area contributed by atoms with E-state index in [4.69, 9.17) is 4.74 Å². The lowest BCUT2D eigenvalue weighted by molar-refractivity contribution is -0.116. The molecule has 0 fully saturated rings. The van der Waals surface area contributed by atoms with Crippen LogP contribution in [-0.2, 0) is 9.53 Å². The number of carbonyl (C=O) groups is 2. The molecule has 0 spiro atoms. The molecule has 0 aliphatic rings. The Kier molecular flexibility index (Phi) is 6.36. The quantitative estimate of drug-likeness (QED) is 0.329. The molecule has 3 aromatic rings. The number of aromatic nitrogens is 1. The van der Waals surface area contributed by atoms with E-state index >= 15 is 0 Å². The molecule has 31 heavy (non-hydrogen) atoms. The molecule has 0 saturated carbocycles. The van der Waals surface area contributed by atoms with Crippen LogP contribution in [0.3, 0.4) is 0 Å². The van der Waals surface area contributed by atoms with Gasteiger partial charge in [0.2, 0.25) is 5.91 Å². The summed E-state index contributed by atoms with van der Waals surface area (Å²) < 4.78 is 7.87. The second kappa shape index (κ2) is 8.67. The van der Waals surface area contributed by atoms with Crippen molar-refractivity contribution in [3.63, 3.8) is 0 Å². The number of fused-ring (bicyclic) bond motifs is 1. The maximum Gasteiger partial charge on any atom is 0.419 e. The molecule has 0 unspecified atom stereocenters. The number of carbonyl (C=O) groups excluding carboxylic acids is 2. The molecule has 0 saturated heterocycles. The predicted octanol–water partition coefficient (Wildman–Crippen LogP) is 6.19. The zero-order valence-corrected chi connectivity index (χ0v) is 20.1. The van der Waals surface area contributed by atoms with Gasteiger partial charge in [-0.05, 0) is 64.4 Å². The van der Waals surface area contributed by atoms with Crippen molar-refractivity contribution < 1.29 is 14.3 Å². The van der Waals surface area contributed by atoms with Crippen molar-refractivity contribution in [3.05, 3.63) is 63.8 Å². The van der Waals surface area contributed by atoms with Crippen LogP contribution in [0.5, 0.6) is 0 Å². The highest BCUT2D eigenvalue weighted by molar-refractivity contribution is 9.10. The molecular formula is C24H26BrN3O3. The van der Waals surface area contributed by atoms with Crippen LogP contribution in [0.25, 0.3) is 10.9 Å². The van der Waals surface area contributed by atoms with Crippen molar-refractivity contribution in [2.45, 2.75) is 47.1 Å². The van der Waals surface area contributed by atoms with Gasteiger partial charge in [-0.2, -0.15) is 5.10 Å². The third-order valence-corrected chi connectivity index (χ3v) is 5.07. The first-order valence-electron chi connectivity index (χ1n) is 9.92. The van der Waals surface area contributed by atoms with Crippen LogP contribution in [-0.4, -0.2) is 28.4 Å². The number of aryl methyl sites for hydroxylation is 2. The van der Waals surface area contributed by atoms with Crippen LogP contribution < -0.4 is 5.01 Å². The molecule has 1 aromatic heterocycles. The smallest absolute Gasteiger partial charge is 0.419 e. The van der Waals surface area contributed by atoms with E-state index < -0.39 is 11.7 Å². The molecule has 2 aromatic carbocycles. The number of hydrogen-bond acceptors (Lipinski definition) is 4. The maximum absolute atomic E-state index is 12.7. The van der Waals surface area contributed by atoms with Gasteiger partial charge in [-0.3, -0.25) is 9.36 Å². The average Bonchev–Trinajstić information content (AvgIpc) is 3.00. The summed E-state index contributed by atoms with van der Waals surface area (Å²) in [7, 11) is 0. The lowest BCUT2D eigenvalue weighted by Gasteiger charge is -2.19. The fourth-order valence-corrected chi connectivity index (χ4v) is 3.63. The summed E-state index contributed by atoms with van der Waals surface area (Å²) in [6, 6.07) is 11.4. The van der Waals surface area contributed by atoms with Crippen LogP contribution in [0.1, 0.15) is 44.4 Å². The summed E-state index contributed by atoms with van der Waals surface area (Å²) in [6.07, 6.45) is 2.79. The van der Waals surface area contributed by atoms with Gasteiger partial charge in [-0.15, -0.1) is 0 Å². The molecule has 1 heterocycles. The molecule has 0 N–H and O–H groups in total. The van der Waals surface area contributed by atoms with E-state index in [1.165, 1.54) is 16.5 Å². The van der Waals surface area contributed by atoms with E-state index in [-0.39, 0.29) is 5.91 Å². The molecule has 0 radical (unpaired) electrons. The van der Waals surface area contributed by atoms with Crippen molar-refractivity contribution in [2.75, 3.05) is 5.01 Å². The van der Waals surface area contributed by atoms with Crippen molar-refractivity contribution in [3.8, 4) is 0 Å². The molecule has 0 aliphatic carbocycles. The van der Waals surface area contributed by atoms with E-state index in [0.717, 1.165) is 21.0 Å². The lowest BCUT2D eigenvalue weighted by Crippen LogP contribution is -2.26. The van der Waals surface area contributed by atoms with Crippen molar-refractivity contribution in [2.24, 2.45) is 5.10 Å². The Morgan fingerprint density at radius 1 is 1.13 bits per heavy atom. The molecule has 7 heteroatoms. The summed E-state index contributed by atoms with van der Waals surface area (Å²) in [5.41, 5.74) is 3.54. The monoisotopic (exact) mass is 483 g/mol. The minimum atomic E-state index is -0.619. The van der Waals surface area contributed by atoms with E-state index in [0.29, 0.717) is 16.8 Å². The largest absolute Gasteiger partial charge is 0.443 e. The number of ether oxygens (including phenoxy) is 1. The number of halogens is 1. The topological polar surface area (TPSA) is 63.9 Å². The number of anilines is 1. The third-order valence-electron chi connectivity index (χ3n) is 4.58. The number of nitrogens with zero attached hydrogens (tertiary/aromatic N) is 3. The molecule has 6 nitrogen and oxygen atoms in total. The van der Waals surface area contributed by atoms with E-state index in [1.807, 2.05) is 71.0 Å². The van der Waals surface area contributed by atoms with Crippen LogP contribution in [0, 0.1) is 13.8 Å². The van der Waals surface area contributed by atoms with Crippen LogP contribution >= 0.6 is 15.9 Å². The summed E-state index contributed by atoms with van der Waals surface area (Å²) in [5, 5.41) is 6.64. The first-order valence-corrected chi connectivity index (χ1v) is 10.7. The standard InChI is InChI=1S/C24H26BrN3O3/c1-15-7-9-21(16(2)11-15)28(17(3)29)26-13-18-14-27(23(30)31-24(4,5)6)22-10-8-19(25)12-20(18)22/h7-14H,1-6H3/b26-13+. The minimum absolute atomic E-state index is 0.208. The summed E-state index contributed by atoms with van der Waals surface area (Å²) in [4.78, 5) is 25.1. The number of hydrogen-bond donors (Lipinski definition) is 0. The zero-order chi connectivity index (χ0) is 22.9. The molecule has 3 rings (SSSR count). The highest BCUT2D eigenvalue weighted by atomic mass is 79.9. The van der Waals surface area contributed by atoms with Gasteiger partial charge in [-0.25, -0.2) is 9.80 Å². The van der Waals surface area contributed by atoms with Gasteiger partial charge in [0, 0.05) is 28.5 Å². The van der Waals surface area contributed by atoms with Crippen LogP contribution in [0.2, 0.25) is 0 Å². The highest BCUT2D eigenvalue weighted by Gasteiger charge is 2.21. The number of amides is 1. The normalized spacial score (nSPS) is 11.8. The molecule has 0 aliphatic heterocycles. The van der Waals surface area contributed by atoms with E-state index in [2.05, 4.69) is 21.0 Å². The second-order valence-electron chi connectivity index (χ2n) is 8.46. The SMILES string of the molecule is CC(=O)N(/N=C/c1cn(C(=O)OC(C)(C)C)c2ccc(Br)cc12)c1ccc(C)cc1C. The van der Waals surface area contributed by atoms with Gasteiger partial charge >= 0.3 is 6.09 Å². The molecular weight excluding hydrogens is 458 g/mol. The fraction of sp³-hybridized carbons (Fsp3) is 0.292. The van der Waals surface area contributed by atoms with Crippen LogP contribution in [0.4, 0.5) is 10.5 Å². The van der Waals surface area contributed by atoms with E-state index in [9.17, 15) is 9.59 Å². The fourth-order valence-electron chi connectivity index (χ4n) is 3.27. The average molecular weight is 484 g/mol. The lowest BCUT2D eigenvalue weighted by atomic mass is 10.1. The molecule has 1 amide bonds. The van der Waals surface area contributed by atoms with Gasteiger partial charge in [0.25, 0.3) is 0 Å². The zero-order valence-electron chi connectivity index (χ0n) is 18.6. The Hall–Kier alpha value is -2.93. The Labute approximate surface area is 190 Å². The van der Waals surface area contributed by atoms with E-state index in [1.54, 1.807) is 12.4 Å². The number of rotatable bonds is 3. The highest BCUT2D eigenvalue weighted by Crippen LogP contribution is 2.26. The number of benzene rings is 2. The van der Waals surface area contributed by atoms with Crippen molar-refractivity contribution >= 4 is 50.7 Å². The molecule has 162 valence electrons. The van der Waals surface area contributed by atoms with Gasteiger partial charge in [0.05, 0.1) is 17.4 Å². The first kappa shape index (κ1) is 22.7. The van der Waals surface area contributed by atoms with Gasteiger partial charge < -0.3 is 4.74 Å². The Bertz CT molecular complexity index is 1190. The molecule has 0 bridgehead atoms. The molecule has 0 atom stereocenters. The second-order valence-corrected chi connectivity index (χ2v) is 9.38. The Balaban J connectivity index is 2.07. The summed E-state index contributed by atoms with van der Waals surface area (Å²) in [5.74, 6) is -0.208. The van der Waals surface area contributed by atoms with Crippen LogP contribution in [0.15, 0.2) is 52.2 Å². The summed E-state index contributed by atoms with van der Waals surface area (Å²) in [6.45, 7) is 10.9. The van der Waals surface area contributed by atoms with Crippen molar-refractivity contribution in [1.82, 2.24) is 4.57 Å². The number of hydrazone groups is 1. The third kappa shape index (κ3) is 5.22. The maximum atomic E-state index is 12.7. The Morgan fingerprint density at radius 3 is 2.45 bits per heavy atom. The van der Waals surface area contributed by atoms with Crippen molar-refractivity contribution in [1.29, 1.82) is 0 Å². The predicted molar refractivity (Wildman–Crippen MR) is 128 cm³/mol. The van der Waals surface area contributed by atoms with Gasteiger partial charge in [0.15, 0.2) is 0 Å².